The number of ether oxygens (including phenoxy) is 2. The number of piperidine rings is 1. The number of carbonyl (C=O) groups excluding carboxylic acids is 1. The molecule has 0 radical (unpaired) electrons. The average Bonchev–Trinajstić information content (AvgIpc) is 3.14. The molecule has 1 saturated heterocycles. The van der Waals surface area contributed by atoms with E-state index in [4.69, 9.17) is 9.47 Å². The molecule has 3 rings (SSSR count). The molecule has 1 fully saturated rings. The van der Waals surface area contributed by atoms with Crippen LogP contribution in [0.3, 0.4) is 0 Å². The molecule has 128 valence electrons. The molecule has 1 aromatic heterocycles. The lowest BCUT2D eigenvalue weighted by molar-refractivity contribution is -0.133. The number of aryl methyl sites for hydroxylation is 1. The summed E-state index contributed by atoms with van der Waals surface area (Å²) < 4.78 is 12.9. The highest BCUT2D eigenvalue weighted by atomic mass is 16.5. The van der Waals surface area contributed by atoms with Gasteiger partial charge in [-0.05, 0) is 24.3 Å². The standard InChI is InChI=1S/C17H22N4O3/c1-23-14-2-4-15(5-3-14)24-16-6-10-21(11-7-16)17(22)8-9-20-12-18-19-13-20/h2-5,12-13,16H,6-11H2,1H3. The van der Waals surface area contributed by atoms with Gasteiger partial charge < -0.3 is 18.9 Å². The van der Waals surface area contributed by atoms with E-state index in [0.29, 0.717) is 13.0 Å². The highest BCUT2D eigenvalue weighted by Crippen LogP contribution is 2.22. The molecule has 2 aromatic rings. The van der Waals surface area contributed by atoms with E-state index in [9.17, 15) is 4.79 Å². The maximum Gasteiger partial charge on any atom is 0.224 e. The average molecular weight is 330 g/mol. The predicted molar refractivity (Wildman–Crippen MR) is 87.9 cm³/mol. The Morgan fingerprint density at radius 2 is 1.75 bits per heavy atom. The first-order chi connectivity index (χ1) is 11.7. The molecule has 0 saturated carbocycles. The first kappa shape index (κ1) is 16.3. The highest BCUT2D eigenvalue weighted by Gasteiger charge is 2.23. The molecule has 0 spiro atoms. The number of amides is 1. The lowest BCUT2D eigenvalue weighted by Gasteiger charge is -2.32. The number of rotatable bonds is 6. The van der Waals surface area contributed by atoms with Gasteiger partial charge >= 0.3 is 0 Å². The van der Waals surface area contributed by atoms with Crippen molar-refractivity contribution in [1.29, 1.82) is 0 Å². The van der Waals surface area contributed by atoms with E-state index in [0.717, 1.165) is 37.4 Å². The van der Waals surface area contributed by atoms with Gasteiger partial charge in [0.15, 0.2) is 0 Å². The monoisotopic (exact) mass is 330 g/mol. The molecular weight excluding hydrogens is 308 g/mol. The van der Waals surface area contributed by atoms with E-state index >= 15 is 0 Å². The van der Waals surface area contributed by atoms with Gasteiger partial charge in [-0.1, -0.05) is 0 Å². The van der Waals surface area contributed by atoms with Crippen LogP contribution < -0.4 is 9.47 Å². The minimum absolute atomic E-state index is 0.153. The summed E-state index contributed by atoms with van der Waals surface area (Å²) in [5.41, 5.74) is 0. The van der Waals surface area contributed by atoms with Crippen LogP contribution in [0.15, 0.2) is 36.9 Å². The summed E-state index contributed by atoms with van der Waals surface area (Å²) >= 11 is 0. The maximum absolute atomic E-state index is 12.2. The van der Waals surface area contributed by atoms with E-state index < -0.39 is 0 Å². The van der Waals surface area contributed by atoms with Crippen molar-refractivity contribution in [2.45, 2.75) is 31.9 Å². The number of carbonyl (C=O) groups is 1. The predicted octanol–water partition coefficient (Wildman–Crippen LogP) is 1.75. The molecule has 0 N–H and O–H groups in total. The molecule has 1 aliphatic rings. The fourth-order valence-electron chi connectivity index (χ4n) is 2.79. The van der Waals surface area contributed by atoms with E-state index in [1.807, 2.05) is 33.7 Å². The van der Waals surface area contributed by atoms with Crippen molar-refractivity contribution in [2.24, 2.45) is 0 Å². The van der Waals surface area contributed by atoms with Gasteiger partial charge in [-0.3, -0.25) is 4.79 Å². The number of hydrogen-bond acceptors (Lipinski definition) is 5. The molecule has 7 heteroatoms. The van der Waals surface area contributed by atoms with Crippen molar-refractivity contribution in [2.75, 3.05) is 20.2 Å². The highest BCUT2D eigenvalue weighted by molar-refractivity contribution is 5.76. The van der Waals surface area contributed by atoms with Crippen LogP contribution in [0.2, 0.25) is 0 Å². The molecule has 0 unspecified atom stereocenters. The van der Waals surface area contributed by atoms with Crippen molar-refractivity contribution in [3.8, 4) is 11.5 Å². The zero-order valence-corrected chi connectivity index (χ0v) is 13.8. The third-order valence-corrected chi connectivity index (χ3v) is 4.21. The van der Waals surface area contributed by atoms with Crippen molar-refractivity contribution in [1.82, 2.24) is 19.7 Å². The molecule has 1 aromatic carbocycles. The Bertz CT molecular complexity index is 634. The van der Waals surface area contributed by atoms with Crippen LogP contribution in [0.1, 0.15) is 19.3 Å². The number of hydrogen-bond donors (Lipinski definition) is 0. The van der Waals surface area contributed by atoms with Crippen LogP contribution in [0.25, 0.3) is 0 Å². The zero-order valence-electron chi connectivity index (χ0n) is 13.8. The summed E-state index contributed by atoms with van der Waals surface area (Å²) in [6, 6.07) is 7.60. The van der Waals surface area contributed by atoms with Gasteiger partial charge in [0.25, 0.3) is 0 Å². The topological polar surface area (TPSA) is 69.5 Å². The summed E-state index contributed by atoms with van der Waals surface area (Å²) in [7, 11) is 1.64. The summed E-state index contributed by atoms with van der Waals surface area (Å²) in [5.74, 6) is 1.83. The first-order valence-corrected chi connectivity index (χ1v) is 8.15. The largest absolute Gasteiger partial charge is 0.497 e. The summed E-state index contributed by atoms with van der Waals surface area (Å²) in [5, 5.41) is 7.47. The van der Waals surface area contributed by atoms with Gasteiger partial charge in [0.05, 0.1) is 7.11 Å². The minimum atomic E-state index is 0.153. The van der Waals surface area contributed by atoms with Crippen LogP contribution >= 0.6 is 0 Å². The second-order valence-corrected chi connectivity index (χ2v) is 5.82. The Kier molecular flexibility index (Phi) is 5.30. The third kappa shape index (κ3) is 4.24. The smallest absolute Gasteiger partial charge is 0.224 e. The van der Waals surface area contributed by atoms with Crippen LogP contribution in [0.5, 0.6) is 11.5 Å². The van der Waals surface area contributed by atoms with Crippen LogP contribution in [-0.2, 0) is 11.3 Å². The van der Waals surface area contributed by atoms with Crippen LogP contribution in [0.4, 0.5) is 0 Å². The fraction of sp³-hybridized carbons (Fsp3) is 0.471. The van der Waals surface area contributed by atoms with E-state index in [-0.39, 0.29) is 12.0 Å². The van der Waals surface area contributed by atoms with Crippen molar-refractivity contribution in [3.63, 3.8) is 0 Å². The molecule has 7 nitrogen and oxygen atoms in total. The minimum Gasteiger partial charge on any atom is -0.497 e. The van der Waals surface area contributed by atoms with Crippen molar-refractivity contribution < 1.29 is 14.3 Å². The molecule has 0 bridgehead atoms. The lowest BCUT2D eigenvalue weighted by atomic mass is 10.1. The van der Waals surface area contributed by atoms with Gasteiger partial charge in [-0.15, -0.1) is 10.2 Å². The SMILES string of the molecule is COc1ccc(OC2CCN(C(=O)CCn3cnnc3)CC2)cc1. The van der Waals surface area contributed by atoms with Gasteiger partial charge in [0, 0.05) is 38.9 Å². The Hall–Kier alpha value is -2.57. The Morgan fingerprint density at radius 3 is 2.38 bits per heavy atom. The Morgan fingerprint density at radius 1 is 1.12 bits per heavy atom. The maximum atomic E-state index is 12.2. The summed E-state index contributed by atoms with van der Waals surface area (Å²) in [6.07, 6.45) is 5.58. The molecule has 2 heterocycles. The molecule has 24 heavy (non-hydrogen) atoms. The van der Waals surface area contributed by atoms with Crippen LogP contribution in [0, 0.1) is 0 Å². The van der Waals surface area contributed by atoms with Gasteiger partial charge in [-0.2, -0.15) is 0 Å². The normalized spacial score (nSPS) is 15.3. The zero-order chi connectivity index (χ0) is 16.8. The number of nitrogens with zero attached hydrogens (tertiary/aromatic N) is 4. The van der Waals surface area contributed by atoms with Crippen LogP contribution in [-0.4, -0.2) is 51.9 Å². The quantitative estimate of drug-likeness (QED) is 0.807. The molecule has 1 aliphatic heterocycles. The summed E-state index contributed by atoms with van der Waals surface area (Å²) in [4.78, 5) is 14.2. The molecule has 1 amide bonds. The molecular formula is C17H22N4O3. The van der Waals surface area contributed by atoms with Gasteiger partial charge in [0.2, 0.25) is 5.91 Å². The molecule has 0 atom stereocenters. The van der Waals surface area contributed by atoms with Gasteiger partial charge in [0.1, 0.15) is 30.3 Å². The Balaban J connectivity index is 1.42. The second-order valence-electron chi connectivity index (χ2n) is 5.82. The third-order valence-electron chi connectivity index (χ3n) is 4.21. The number of benzene rings is 1. The van der Waals surface area contributed by atoms with E-state index in [1.165, 1.54) is 0 Å². The molecule has 0 aliphatic carbocycles. The summed E-state index contributed by atoms with van der Waals surface area (Å²) in [6.45, 7) is 2.10. The van der Waals surface area contributed by atoms with E-state index in [2.05, 4.69) is 10.2 Å². The second kappa shape index (κ2) is 7.81. The van der Waals surface area contributed by atoms with Gasteiger partial charge in [-0.25, -0.2) is 0 Å². The fourth-order valence-corrected chi connectivity index (χ4v) is 2.79. The number of likely N-dealkylation sites (tertiary alicyclic amines) is 1. The van der Waals surface area contributed by atoms with Crippen molar-refractivity contribution in [3.05, 3.63) is 36.9 Å². The lowest BCUT2D eigenvalue weighted by Crippen LogP contribution is -2.42. The Labute approximate surface area is 141 Å². The van der Waals surface area contributed by atoms with Crippen molar-refractivity contribution >= 4 is 5.91 Å². The number of methoxy groups -OCH3 is 1. The number of aromatic nitrogens is 3. The van der Waals surface area contributed by atoms with E-state index in [1.54, 1.807) is 19.8 Å². The first-order valence-electron chi connectivity index (χ1n) is 8.15.